The lowest BCUT2D eigenvalue weighted by atomic mass is 9.98. The molecule has 0 atom stereocenters. The van der Waals surface area contributed by atoms with Crippen molar-refractivity contribution in [3.05, 3.63) is 12.2 Å². The average molecular weight is 182 g/mol. The Balaban J connectivity index is 2.42. The van der Waals surface area contributed by atoms with E-state index >= 15 is 0 Å². The number of hydrogen-bond acceptors (Lipinski definition) is 2. The molecule has 0 radical (unpaired) electrons. The molecule has 74 valence electrons. The van der Waals surface area contributed by atoms with Gasteiger partial charge in [-0.1, -0.05) is 25.0 Å². The maximum atomic E-state index is 11.6. The van der Waals surface area contributed by atoms with E-state index in [4.69, 9.17) is 5.73 Å². The Labute approximate surface area is 79.4 Å². The molecule has 1 saturated carbocycles. The summed E-state index contributed by atoms with van der Waals surface area (Å²) in [7, 11) is 0. The molecule has 0 bridgehead atoms. The Morgan fingerprint density at radius 3 is 2.54 bits per heavy atom. The highest BCUT2D eigenvalue weighted by Crippen LogP contribution is 2.27. The van der Waals surface area contributed by atoms with E-state index in [-0.39, 0.29) is 5.91 Å². The molecule has 1 aliphatic rings. The molecule has 0 aliphatic heterocycles. The zero-order valence-electron chi connectivity index (χ0n) is 8.23. The van der Waals surface area contributed by atoms with E-state index in [1.165, 1.54) is 0 Å². The van der Waals surface area contributed by atoms with Gasteiger partial charge in [-0.2, -0.15) is 0 Å². The van der Waals surface area contributed by atoms with Crippen LogP contribution in [0.1, 0.15) is 32.6 Å². The van der Waals surface area contributed by atoms with Gasteiger partial charge in [0.05, 0.1) is 5.54 Å². The molecule has 0 unspecified atom stereocenters. The summed E-state index contributed by atoms with van der Waals surface area (Å²) in [5, 5.41) is 2.80. The van der Waals surface area contributed by atoms with Gasteiger partial charge in [0.2, 0.25) is 5.91 Å². The molecule has 1 fully saturated rings. The van der Waals surface area contributed by atoms with Crippen LogP contribution in [-0.2, 0) is 4.79 Å². The van der Waals surface area contributed by atoms with Crippen LogP contribution in [0.15, 0.2) is 12.2 Å². The van der Waals surface area contributed by atoms with Crippen molar-refractivity contribution in [1.29, 1.82) is 0 Å². The van der Waals surface area contributed by atoms with Gasteiger partial charge in [-0.25, -0.2) is 0 Å². The molecule has 1 amide bonds. The van der Waals surface area contributed by atoms with E-state index < -0.39 is 5.54 Å². The molecule has 0 aromatic carbocycles. The third-order valence-corrected chi connectivity index (χ3v) is 2.50. The molecule has 3 N–H and O–H groups in total. The minimum Gasteiger partial charge on any atom is -0.351 e. The maximum Gasteiger partial charge on any atom is 0.240 e. The van der Waals surface area contributed by atoms with Gasteiger partial charge in [-0.15, -0.1) is 0 Å². The molecule has 3 nitrogen and oxygen atoms in total. The van der Waals surface area contributed by atoms with Crippen LogP contribution in [0.2, 0.25) is 0 Å². The van der Waals surface area contributed by atoms with Crippen LogP contribution in [-0.4, -0.2) is 18.0 Å². The molecule has 13 heavy (non-hydrogen) atoms. The van der Waals surface area contributed by atoms with Gasteiger partial charge in [0.25, 0.3) is 0 Å². The van der Waals surface area contributed by atoms with Crippen molar-refractivity contribution in [3.8, 4) is 0 Å². The second kappa shape index (κ2) is 3.92. The van der Waals surface area contributed by atoms with E-state index in [2.05, 4.69) is 11.9 Å². The topological polar surface area (TPSA) is 55.1 Å². The summed E-state index contributed by atoms with van der Waals surface area (Å²) in [6.07, 6.45) is 3.76. The van der Waals surface area contributed by atoms with Crippen molar-refractivity contribution in [1.82, 2.24) is 5.32 Å². The van der Waals surface area contributed by atoms with Crippen LogP contribution >= 0.6 is 0 Å². The number of rotatable bonds is 3. The predicted molar refractivity (Wildman–Crippen MR) is 53.2 cm³/mol. The largest absolute Gasteiger partial charge is 0.351 e. The number of amides is 1. The van der Waals surface area contributed by atoms with Gasteiger partial charge in [0, 0.05) is 6.54 Å². The molecule has 3 heteroatoms. The summed E-state index contributed by atoms with van der Waals surface area (Å²) in [5.41, 5.74) is 6.30. The first-order valence-electron chi connectivity index (χ1n) is 4.76. The molecule has 0 aromatic rings. The van der Waals surface area contributed by atoms with Crippen molar-refractivity contribution in [2.75, 3.05) is 6.54 Å². The van der Waals surface area contributed by atoms with Gasteiger partial charge < -0.3 is 11.1 Å². The summed E-state index contributed by atoms with van der Waals surface area (Å²) < 4.78 is 0. The van der Waals surface area contributed by atoms with Crippen LogP contribution in [0.5, 0.6) is 0 Å². The zero-order valence-corrected chi connectivity index (χ0v) is 8.23. The Morgan fingerprint density at radius 2 is 2.08 bits per heavy atom. The summed E-state index contributed by atoms with van der Waals surface area (Å²) in [6, 6.07) is 0. The normalized spacial score (nSPS) is 19.8. The minimum absolute atomic E-state index is 0.0204. The van der Waals surface area contributed by atoms with Gasteiger partial charge >= 0.3 is 0 Å². The number of carbonyl (C=O) groups excluding carboxylic acids is 1. The first-order valence-corrected chi connectivity index (χ1v) is 4.76. The Bertz CT molecular complexity index is 217. The third-order valence-electron chi connectivity index (χ3n) is 2.50. The Hall–Kier alpha value is -0.830. The molecule has 1 rings (SSSR count). The number of nitrogens with one attached hydrogen (secondary N) is 1. The van der Waals surface area contributed by atoms with Crippen molar-refractivity contribution >= 4 is 5.91 Å². The minimum atomic E-state index is -0.602. The van der Waals surface area contributed by atoms with Gasteiger partial charge in [0.15, 0.2) is 0 Å². The molecular formula is C10H18N2O. The summed E-state index contributed by atoms with van der Waals surface area (Å²) >= 11 is 0. The van der Waals surface area contributed by atoms with Gasteiger partial charge in [0.1, 0.15) is 0 Å². The van der Waals surface area contributed by atoms with Crippen molar-refractivity contribution in [3.63, 3.8) is 0 Å². The molecular weight excluding hydrogens is 164 g/mol. The van der Waals surface area contributed by atoms with Crippen LogP contribution in [0.4, 0.5) is 0 Å². The first kappa shape index (κ1) is 10.3. The maximum absolute atomic E-state index is 11.6. The van der Waals surface area contributed by atoms with E-state index in [1.807, 2.05) is 6.92 Å². The summed E-state index contributed by atoms with van der Waals surface area (Å²) in [6.45, 7) is 6.15. The SMILES string of the molecule is C=C(C)CNC(=O)C1(N)CCCC1. The quantitative estimate of drug-likeness (QED) is 0.638. The van der Waals surface area contributed by atoms with Crippen molar-refractivity contribution < 1.29 is 4.79 Å². The molecule has 0 aromatic heterocycles. The van der Waals surface area contributed by atoms with E-state index in [0.717, 1.165) is 31.3 Å². The molecule has 0 saturated heterocycles. The second-order valence-electron chi connectivity index (χ2n) is 4.00. The zero-order chi connectivity index (χ0) is 9.90. The van der Waals surface area contributed by atoms with Gasteiger partial charge in [-0.3, -0.25) is 4.79 Å². The highest BCUT2D eigenvalue weighted by molar-refractivity contribution is 5.86. The monoisotopic (exact) mass is 182 g/mol. The van der Waals surface area contributed by atoms with Crippen LogP contribution < -0.4 is 11.1 Å². The Kier molecular flexibility index (Phi) is 3.09. The third kappa shape index (κ3) is 2.56. The van der Waals surface area contributed by atoms with Crippen molar-refractivity contribution in [2.45, 2.75) is 38.1 Å². The van der Waals surface area contributed by atoms with Crippen LogP contribution in [0.25, 0.3) is 0 Å². The summed E-state index contributed by atoms with van der Waals surface area (Å²) in [5.74, 6) is -0.0204. The van der Waals surface area contributed by atoms with E-state index in [9.17, 15) is 4.79 Å². The van der Waals surface area contributed by atoms with Crippen LogP contribution in [0, 0.1) is 0 Å². The lowest BCUT2D eigenvalue weighted by Crippen LogP contribution is -2.52. The van der Waals surface area contributed by atoms with E-state index in [1.54, 1.807) is 0 Å². The van der Waals surface area contributed by atoms with Gasteiger partial charge in [-0.05, 0) is 19.8 Å². The fourth-order valence-electron chi connectivity index (χ4n) is 1.64. The smallest absolute Gasteiger partial charge is 0.240 e. The molecule has 1 aliphatic carbocycles. The Morgan fingerprint density at radius 1 is 1.54 bits per heavy atom. The van der Waals surface area contributed by atoms with Crippen molar-refractivity contribution in [2.24, 2.45) is 5.73 Å². The fraction of sp³-hybridized carbons (Fsp3) is 0.700. The van der Waals surface area contributed by atoms with E-state index in [0.29, 0.717) is 6.54 Å². The predicted octanol–water partition coefficient (Wildman–Crippen LogP) is 0.950. The van der Waals surface area contributed by atoms with Crippen LogP contribution in [0.3, 0.4) is 0 Å². The highest BCUT2D eigenvalue weighted by Gasteiger charge is 2.36. The standard InChI is InChI=1S/C10H18N2O/c1-8(2)7-12-9(13)10(11)5-3-4-6-10/h1,3-7,11H2,2H3,(H,12,13). The lowest BCUT2D eigenvalue weighted by molar-refractivity contribution is -0.125. The second-order valence-corrected chi connectivity index (χ2v) is 4.00. The number of carbonyl (C=O) groups is 1. The summed E-state index contributed by atoms with van der Waals surface area (Å²) in [4.78, 5) is 11.6. The fourth-order valence-corrected chi connectivity index (χ4v) is 1.64. The number of nitrogens with two attached hydrogens (primary N) is 1. The highest BCUT2D eigenvalue weighted by atomic mass is 16.2. The molecule has 0 spiro atoms. The lowest BCUT2D eigenvalue weighted by Gasteiger charge is -2.22. The average Bonchev–Trinajstić information content (AvgIpc) is 2.49. The molecule has 0 heterocycles. The first-order chi connectivity index (χ1) is 6.04. The number of hydrogen-bond donors (Lipinski definition) is 2.